The van der Waals surface area contributed by atoms with Gasteiger partial charge in [-0.05, 0) is 13.8 Å². The van der Waals surface area contributed by atoms with Gasteiger partial charge in [0.1, 0.15) is 12.8 Å². The van der Waals surface area contributed by atoms with Gasteiger partial charge in [0.05, 0.1) is 6.61 Å². The monoisotopic (exact) mass is 243 g/mol. The molecular formula is C9H13N3O3S. The summed E-state index contributed by atoms with van der Waals surface area (Å²) in [6.07, 6.45) is 0. The molecule has 0 atom stereocenters. The molecule has 16 heavy (non-hydrogen) atoms. The number of nitrogens with two attached hydrogens (primary N) is 1. The van der Waals surface area contributed by atoms with Crippen LogP contribution in [0.1, 0.15) is 17.5 Å². The lowest BCUT2D eigenvalue weighted by molar-refractivity contribution is -0.135. The van der Waals surface area contributed by atoms with Gasteiger partial charge < -0.3 is 15.3 Å². The highest BCUT2D eigenvalue weighted by molar-refractivity contribution is 7.15. The fourth-order valence-corrected chi connectivity index (χ4v) is 1.79. The first-order chi connectivity index (χ1) is 7.60. The van der Waals surface area contributed by atoms with Gasteiger partial charge in [0.2, 0.25) is 5.71 Å². The third-order valence-corrected chi connectivity index (χ3v) is 2.49. The summed E-state index contributed by atoms with van der Waals surface area (Å²) < 4.78 is 4.85. The zero-order valence-electron chi connectivity index (χ0n) is 9.31. The zero-order chi connectivity index (χ0) is 12.1. The molecule has 0 aromatic carbocycles. The van der Waals surface area contributed by atoms with Crippen molar-refractivity contribution in [3.63, 3.8) is 0 Å². The van der Waals surface area contributed by atoms with Crippen LogP contribution < -0.4 is 5.73 Å². The number of rotatable bonds is 4. The molecule has 88 valence electrons. The van der Waals surface area contributed by atoms with Crippen molar-refractivity contribution in [2.45, 2.75) is 13.8 Å². The molecule has 2 N–H and O–H groups in total. The summed E-state index contributed by atoms with van der Waals surface area (Å²) in [6.45, 7) is 3.78. The van der Waals surface area contributed by atoms with Gasteiger partial charge in [-0.3, -0.25) is 0 Å². The van der Waals surface area contributed by atoms with E-state index >= 15 is 0 Å². The van der Waals surface area contributed by atoms with Gasteiger partial charge in [-0.1, -0.05) is 5.16 Å². The largest absolute Gasteiger partial charge is 0.461 e. The van der Waals surface area contributed by atoms with Crippen molar-refractivity contribution in [3.8, 4) is 0 Å². The maximum atomic E-state index is 11.6. The fourth-order valence-electron chi connectivity index (χ4n) is 1.10. The second-order valence-corrected chi connectivity index (χ2v) is 4.03. The van der Waals surface area contributed by atoms with Crippen molar-refractivity contribution in [3.05, 3.63) is 10.6 Å². The highest BCUT2D eigenvalue weighted by atomic mass is 32.1. The van der Waals surface area contributed by atoms with Gasteiger partial charge in [-0.15, -0.1) is 11.3 Å². The van der Waals surface area contributed by atoms with Crippen molar-refractivity contribution in [1.29, 1.82) is 0 Å². The van der Waals surface area contributed by atoms with E-state index in [0.717, 1.165) is 4.88 Å². The normalized spacial score (nSPS) is 11.3. The van der Waals surface area contributed by atoms with Crippen LogP contribution in [0.5, 0.6) is 0 Å². The summed E-state index contributed by atoms with van der Waals surface area (Å²) >= 11 is 1.28. The highest BCUT2D eigenvalue weighted by Crippen LogP contribution is 2.20. The summed E-state index contributed by atoms with van der Waals surface area (Å²) in [5.74, 6) is -0.572. The Morgan fingerprint density at radius 2 is 2.31 bits per heavy atom. The minimum absolute atomic E-state index is 0.0369. The molecule has 0 unspecified atom stereocenters. The number of hydrogen-bond acceptors (Lipinski definition) is 7. The Balaban J connectivity index is 3.08. The Bertz CT molecular complexity index is 414. The van der Waals surface area contributed by atoms with Crippen LogP contribution in [-0.4, -0.2) is 30.4 Å². The van der Waals surface area contributed by atoms with Crippen LogP contribution in [0, 0.1) is 6.92 Å². The van der Waals surface area contributed by atoms with Gasteiger partial charge in [0.15, 0.2) is 5.13 Å². The number of esters is 1. The number of aryl methyl sites for hydroxylation is 1. The second-order valence-electron chi connectivity index (χ2n) is 2.80. The summed E-state index contributed by atoms with van der Waals surface area (Å²) in [6, 6.07) is 0. The number of thiazole rings is 1. The smallest absolute Gasteiger partial charge is 0.362 e. The van der Waals surface area contributed by atoms with Gasteiger partial charge in [-0.2, -0.15) is 0 Å². The number of oxime groups is 1. The van der Waals surface area contributed by atoms with E-state index in [1.807, 2.05) is 0 Å². The number of nitrogen functional groups attached to an aromatic ring is 1. The predicted molar refractivity (Wildman–Crippen MR) is 61.4 cm³/mol. The number of carbonyl (C=O) groups is 1. The number of aromatic nitrogens is 1. The lowest BCUT2D eigenvalue weighted by Crippen LogP contribution is -2.20. The summed E-state index contributed by atoms with van der Waals surface area (Å²) in [4.78, 5) is 21.0. The number of carbonyl (C=O) groups excluding carboxylic acids is 1. The van der Waals surface area contributed by atoms with Crippen LogP contribution in [0.2, 0.25) is 0 Å². The van der Waals surface area contributed by atoms with E-state index in [1.165, 1.54) is 18.4 Å². The minimum Gasteiger partial charge on any atom is -0.461 e. The summed E-state index contributed by atoms with van der Waals surface area (Å²) in [5, 5.41) is 3.99. The van der Waals surface area contributed by atoms with Crippen molar-refractivity contribution in [2.75, 3.05) is 19.5 Å². The standard InChI is InChI=1S/C9H13N3O3S/c1-4-15-8(13)7(12-14-3)6-5(2)16-9(10)11-6/h4H2,1-3H3,(H2,10,11). The average molecular weight is 243 g/mol. The van der Waals surface area contributed by atoms with Crippen molar-refractivity contribution < 1.29 is 14.4 Å². The van der Waals surface area contributed by atoms with E-state index in [1.54, 1.807) is 13.8 Å². The molecule has 0 fully saturated rings. The molecule has 0 saturated heterocycles. The molecule has 1 aromatic rings. The maximum absolute atomic E-state index is 11.6. The van der Waals surface area contributed by atoms with Crippen LogP contribution in [-0.2, 0) is 14.4 Å². The summed E-state index contributed by atoms with van der Waals surface area (Å²) in [7, 11) is 1.35. The van der Waals surface area contributed by atoms with E-state index in [0.29, 0.717) is 10.8 Å². The van der Waals surface area contributed by atoms with Crippen LogP contribution >= 0.6 is 11.3 Å². The Morgan fingerprint density at radius 1 is 1.62 bits per heavy atom. The van der Waals surface area contributed by atoms with E-state index in [-0.39, 0.29) is 12.3 Å². The predicted octanol–water partition coefficient (Wildman–Crippen LogP) is 0.947. The molecule has 0 aliphatic carbocycles. The Morgan fingerprint density at radius 3 is 2.75 bits per heavy atom. The van der Waals surface area contributed by atoms with E-state index in [4.69, 9.17) is 10.5 Å². The fraction of sp³-hybridized carbons (Fsp3) is 0.444. The van der Waals surface area contributed by atoms with E-state index in [2.05, 4.69) is 15.0 Å². The van der Waals surface area contributed by atoms with Crippen molar-refractivity contribution >= 4 is 28.1 Å². The average Bonchev–Trinajstić information content (AvgIpc) is 2.54. The van der Waals surface area contributed by atoms with Gasteiger partial charge in [-0.25, -0.2) is 9.78 Å². The molecule has 0 amide bonds. The molecule has 0 spiro atoms. The molecule has 0 radical (unpaired) electrons. The number of hydrogen-bond donors (Lipinski definition) is 1. The second kappa shape index (κ2) is 5.45. The highest BCUT2D eigenvalue weighted by Gasteiger charge is 2.22. The Labute approximate surface area is 97.1 Å². The molecule has 6 nitrogen and oxygen atoms in total. The minimum atomic E-state index is -0.572. The zero-order valence-corrected chi connectivity index (χ0v) is 10.1. The van der Waals surface area contributed by atoms with Gasteiger partial charge in [0, 0.05) is 4.88 Å². The maximum Gasteiger partial charge on any atom is 0.362 e. The molecule has 0 aliphatic heterocycles. The van der Waals surface area contributed by atoms with Crippen molar-refractivity contribution in [2.24, 2.45) is 5.16 Å². The van der Waals surface area contributed by atoms with E-state index in [9.17, 15) is 4.79 Å². The number of anilines is 1. The van der Waals surface area contributed by atoms with Crippen LogP contribution in [0.15, 0.2) is 5.16 Å². The molecule has 7 heteroatoms. The third-order valence-electron chi connectivity index (χ3n) is 1.69. The lowest BCUT2D eigenvalue weighted by atomic mass is 10.2. The van der Waals surface area contributed by atoms with Crippen LogP contribution in [0.4, 0.5) is 5.13 Å². The SMILES string of the molecule is CCOC(=O)C(=NOC)c1nc(N)sc1C. The molecule has 1 aromatic heterocycles. The number of nitrogens with zero attached hydrogens (tertiary/aromatic N) is 2. The molecule has 0 bridgehead atoms. The summed E-state index contributed by atoms with van der Waals surface area (Å²) in [5.41, 5.74) is 5.99. The van der Waals surface area contributed by atoms with E-state index < -0.39 is 5.97 Å². The van der Waals surface area contributed by atoms with Crippen LogP contribution in [0.25, 0.3) is 0 Å². The Kier molecular flexibility index (Phi) is 4.24. The quantitative estimate of drug-likeness (QED) is 0.483. The Hall–Kier alpha value is -1.63. The first-order valence-corrected chi connectivity index (χ1v) is 5.43. The molecular weight excluding hydrogens is 230 g/mol. The lowest BCUT2D eigenvalue weighted by Gasteiger charge is -2.03. The molecule has 1 rings (SSSR count). The first kappa shape index (κ1) is 12.4. The molecule has 0 saturated carbocycles. The third kappa shape index (κ3) is 2.69. The first-order valence-electron chi connectivity index (χ1n) is 4.61. The molecule has 0 aliphatic rings. The molecule has 1 heterocycles. The van der Waals surface area contributed by atoms with Crippen molar-refractivity contribution in [1.82, 2.24) is 4.98 Å². The topological polar surface area (TPSA) is 86.8 Å². The number of ether oxygens (including phenoxy) is 1. The van der Waals surface area contributed by atoms with Crippen LogP contribution in [0.3, 0.4) is 0 Å². The van der Waals surface area contributed by atoms with Gasteiger partial charge >= 0.3 is 5.97 Å². The van der Waals surface area contributed by atoms with Gasteiger partial charge in [0.25, 0.3) is 0 Å².